The summed E-state index contributed by atoms with van der Waals surface area (Å²) >= 11 is 0. The number of pyridine rings is 1. The molecule has 2 rings (SSSR count). The first-order valence-corrected chi connectivity index (χ1v) is 6.70. The standard InChI is InChI=1S/C15H14F3N3O2/c1-9(2)14-10(3-6-13(22)23)8-21(20-14)12-5-4-11(7-19-12)15(16,17)18/h3-9H,1-2H3,(H,22,23)/p-1/b6-3+. The van der Waals surface area contributed by atoms with Gasteiger partial charge in [0.15, 0.2) is 5.82 Å². The van der Waals surface area contributed by atoms with Gasteiger partial charge in [0.2, 0.25) is 0 Å². The maximum atomic E-state index is 12.5. The zero-order chi connectivity index (χ0) is 17.2. The van der Waals surface area contributed by atoms with Gasteiger partial charge < -0.3 is 9.90 Å². The van der Waals surface area contributed by atoms with Crippen LogP contribution in [-0.4, -0.2) is 20.7 Å². The van der Waals surface area contributed by atoms with Gasteiger partial charge in [-0.1, -0.05) is 13.8 Å². The lowest BCUT2D eigenvalue weighted by Gasteiger charge is -2.06. The van der Waals surface area contributed by atoms with Gasteiger partial charge in [-0.05, 0) is 30.2 Å². The van der Waals surface area contributed by atoms with Gasteiger partial charge in [0.25, 0.3) is 0 Å². The van der Waals surface area contributed by atoms with Crippen molar-refractivity contribution in [2.45, 2.75) is 25.9 Å². The van der Waals surface area contributed by atoms with E-state index in [-0.39, 0.29) is 11.7 Å². The summed E-state index contributed by atoms with van der Waals surface area (Å²) < 4.78 is 38.9. The first-order valence-electron chi connectivity index (χ1n) is 6.70. The fourth-order valence-corrected chi connectivity index (χ4v) is 1.94. The molecule has 0 amide bonds. The van der Waals surface area contributed by atoms with Gasteiger partial charge >= 0.3 is 6.18 Å². The number of alkyl halides is 3. The number of hydrogen-bond donors (Lipinski definition) is 0. The Bertz CT molecular complexity index is 731. The first kappa shape index (κ1) is 16.7. The summed E-state index contributed by atoms with van der Waals surface area (Å²) in [7, 11) is 0. The van der Waals surface area contributed by atoms with E-state index in [0.717, 1.165) is 18.3 Å². The van der Waals surface area contributed by atoms with Crippen molar-refractivity contribution >= 4 is 12.0 Å². The van der Waals surface area contributed by atoms with Crippen LogP contribution in [0.1, 0.15) is 36.6 Å². The Morgan fingerprint density at radius 3 is 2.52 bits per heavy atom. The molecule has 0 aromatic carbocycles. The first-order chi connectivity index (χ1) is 10.7. The number of carbonyl (C=O) groups is 1. The zero-order valence-electron chi connectivity index (χ0n) is 12.3. The van der Waals surface area contributed by atoms with Gasteiger partial charge in [0.05, 0.1) is 17.2 Å². The molecular weight excluding hydrogens is 311 g/mol. The van der Waals surface area contributed by atoms with Gasteiger partial charge in [0, 0.05) is 18.0 Å². The van der Waals surface area contributed by atoms with Crippen LogP contribution in [0.25, 0.3) is 11.9 Å². The van der Waals surface area contributed by atoms with E-state index in [0.29, 0.717) is 11.3 Å². The second-order valence-electron chi connectivity index (χ2n) is 5.12. The van der Waals surface area contributed by atoms with E-state index in [9.17, 15) is 23.1 Å². The molecule has 0 saturated heterocycles. The Labute approximate surface area is 130 Å². The number of carbonyl (C=O) groups excluding carboxylic acids is 1. The molecule has 0 aliphatic carbocycles. The molecule has 5 nitrogen and oxygen atoms in total. The zero-order valence-corrected chi connectivity index (χ0v) is 12.3. The summed E-state index contributed by atoms with van der Waals surface area (Å²) in [5.41, 5.74) is 0.282. The van der Waals surface area contributed by atoms with E-state index in [2.05, 4.69) is 10.1 Å². The van der Waals surface area contributed by atoms with Crippen molar-refractivity contribution < 1.29 is 23.1 Å². The highest BCUT2D eigenvalue weighted by molar-refractivity contribution is 5.83. The molecule has 0 spiro atoms. The predicted molar refractivity (Wildman–Crippen MR) is 74.5 cm³/mol. The summed E-state index contributed by atoms with van der Waals surface area (Å²) in [5, 5.41) is 14.8. The normalized spacial score (nSPS) is 12.3. The van der Waals surface area contributed by atoms with E-state index in [4.69, 9.17) is 0 Å². The van der Waals surface area contributed by atoms with Crippen molar-refractivity contribution in [2.24, 2.45) is 0 Å². The Morgan fingerprint density at radius 1 is 1.35 bits per heavy atom. The van der Waals surface area contributed by atoms with E-state index in [1.165, 1.54) is 23.0 Å². The number of halogens is 3. The van der Waals surface area contributed by atoms with Crippen LogP contribution in [0.2, 0.25) is 0 Å². The Morgan fingerprint density at radius 2 is 2.04 bits per heavy atom. The van der Waals surface area contributed by atoms with E-state index < -0.39 is 17.7 Å². The van der Waals surface area contributed by atoms with Gasteiger partial charge in [0.1, 0.15) is 0 Å². The SMILES string of the molecule is CC(C)c1nn(-c2ccc(C(F)(F)F)cn2)cc1/C=C/C(=O)[O-]. The second-order valence-corrected chi connectivity index (χ2v) is 5.12. The average Bonchev–Trinajstić information content (AvgIpc) is 2.88. The Balaban J connectivity index is 2.40. The highest BCUT2D eigenvalue weighted by Gasteiger charge is 2.30. The topological polar surface area (TPSA) is 70.8 Å². The number of rotatable bonds is 4. The smallest absolute Gasteiger partial charge is 0.417 e. The molecule has 0 N–H and O–H groups in total. The quantitative estimate of drug-likeness (QED) is 0.808. The summed E-state index contributed by atoms with van der Waals surface area (Å²) in [5.74, 6) is -1.15. The number of aromatic nitrogens is 3. The number of carboxylic acids is 1. The van der Waals surface area contributed by atoms with Crippen molar-refractivity contribution in [2.75, 3.05) is 0 Å². The van der Waals surface area contributed by atoms with Crippen LogP contribution in [0.3, 0.4) is 0 Å². The van der Waals surface area contributed by atoms with Gasteiger partial charge in [-0.2, -0.15) is 18.3 Å². The van der Waals surface area contributed by atoms with Gasteiger partial charge in [-0.15, -0.1) is 0 Å². The van der Waals surface area contributed by atoms with Crippen LogP contribution in [0.15, 0.2) is 30.6 Å². The largest absolute Gasteiger partial charge is 0.545 e. The summed E-state index contributed by atoms with van der Waals surface area (Å²) in [4.78, 5) is 14.3. The summed E-state index contributed by atoms with van der Waals surface area (Å²) in [6.07, 6.45) is -0.0279. The third-order valence-corrected chi connectivity index (χ3v) is 3.03. The molecule has 122 valence electrons. The molecule has 0 bridgehead atoms. The molecular formula is C15H13F3N3O2-. The lowest BCUT2D eigenvalue weighted by atomic mass is 10.1. The highest BCUT2D eigenvalue weighted by atomic mass is 19.4. The van der Waals surface area contributed by atoms with Crippen LogP contribution in [0.4, 0.5) is 13.2 Å². The van der Waals surface area contributed by atoms with Crippen LogP contribution in [0, 0.1) is 0 Å². The number of carboxylic acid groups (broad SMARTS) is 1. The van der Waals surface area contributed by atoms with E-state index in [1.54, 1.807) is 0 Å². The molecule has 0 unspecified atom stereocenters. The minimum atomic E-state index is -4.46. The molecule has 0 fully saturated rings. The average molecular weight is 324 g/mol. The minimum absolute atomic E-state index is 0.00731. The number of nitrogens with zero attached hydrogens (tertiary/aromatic N) is 3. The van der Waals surface area contributed by atoms with E-state index >= 15 is 0 Å². The van der Waals surface area contributed by atoms with Gasteiger partial charge in [-0.25, -0.2) is 9.67 Å². The Hall–Kier alpha value is -2.64. The Kier molecular flexibility index (Phi) is 4.53. The molecule has 0 atom stereocenters. The maximum absolute atomic E-state index is 12.5. The molecule has 0 saturated carbocycles. The fourth-order valence-electron chi connectivity index (χ4n) is 1.94. The monoisotopic (exact) mass is 324 g/mol. The third kappa shape index (κ3) is 3.97. The molecule has 0 radical (unpaired) electrons. The third-order valence-electron chi connectivity index (χ3n) is 3.03. The van der Waals surface area contributed by atoms with Crippen molar-refractivity contribution in [3.63, 3.8) is 0 Å². The van der Waals surface area contributed by atoms with Crippen molar-refractivity contribution in [3.05, 3.63) is 47.4 Å². The maximum Gasteiger partial charge on any atom is 0.417 e. The summed E-state index contributed by atoms with van der Waals surface area (Å²) in [6, 6.07) is 2.11. The van der Waals surface area contributed by atoms with Crippen molar-refractivity contribution in [1.82, 2.24) is 14.8 Å². The molecule has 23 heavy (non-hydrogen) atoms. The molecule has 2 aromatic heterocycles. The molecule has 8 heteroatoms. The van der Waals surface area contributed by atoms with E-state index in [1.807, 2.05) is 13.8 Å². The molecule has 0 aliphatic heterocycles. The van der Waals surface area contributed by atoms with Crippen LogP contribution in [-0.2, 0) is 11.0 Å². The van der Waals surface area contributed by atoms with Gasteiger partial charge in [-0.3, -0.25) is 0 Å². The van der Waals surface area contributed by atoms with Crippen molar-refractivity contribution in [3.8, 4) is 5.82 Å². The second kappa shape index (κ2) is 6.23. The van der Waals surface area contributed by atoms with Crippen molar-refractivity contribution in [1.29, 1.82) is 0 Å². The van der Waals surface area contributed by atoms with Crippen LogP contribution in [0.5, 0.6) is 0 Å². The lowest BCUT2D eigenvalue weighted by molar-refractivity contribution is -0.297. The lowest BCUT2D eigenvalue weighted by Crippen LogP contribution is -2.18. The molecule has 2 aromatic rings. The van der Waals surface area contributed by atoms with Crippen LogP contribution < -0.4 is 5.11 Å². The predicted octanol–water partition coefficient (Wildman–Crippen LogP) is 2.17. The number of hydrogen-bond acceptors (Lipinski definition) is 4. The molecule has 0 aliphatic rings. The molecule has 2 heterocycles. The van der Waals surface area contributed by atoms with Crippen LogP contribution >= 0.6 is 0 Å². The highest BCUT2D eigenvalue weighted by Crippen LogP contribution is 2.29. The summed E-state index contributed by atoms with van der Waals surface area (Å²) in [6.45, 7) is 3.73. The minimum Gasteiger partial charge on any atom is -0.545 e. The fraction of sp³-hybridized carbons (Fsp3) is 0.267. The number of aliphatic carboxylic acids is 1.